The van der Waals surface area contributed by atoms with Gasteiger partial charge in [0.05, 0.1) is 7.11 Å². The van der Waals surface area contributed by atoms with Crippen molar-refractivity contribution in [1.82, 2.24) is 0 Å². The van der Waals surface area contributed by atoms with E-state index in [0.717, 1.165) is 0 Å². The molecule has 1 rings (SSSR count). The number of sulfonamides is 1. The van der Waals surface area contributed by atoms with Crippen LogP contribution in [0.3, 0.4) is 0 Å². The summed E-state index contributed by atoms with van der Waals surface area (Å²) in [6, 6.07) is 4.24. The number of nitrogens with one attached hydrogen (secondary N) is 1. The molecule has 17 heavy (non-hydrogen) atoms. The summed E-state index contributed by atoms with van der Waals surface area (Å²) in [6.45, 7) is 1.69. The van der Waals surface area contributed by atoms with Crippen molar-refractivity contribution in [3.05, 3.63) is 18.2 Å². The normalized spacial score (nSPS) is 11.0. The van der Waals surface area contributed by atoms with Gasteiger partial charge in [-0.25, -0.2) is 13.6 Å². The molecule has 1 amide bonds. The number of primary sulfonamides is 1. The molecule has 0 heterocycles. The number of anilines is 1. The summed E-state index contributed by atoms with van der Waals surface area (Å²) in [5.74, 6) is -0.0717. The Hall–Kier alpha value is -1.60. The highest BCUT2D eigenvalue weighted by Gasteiger charge is 2.15. The van der Waals surface area contributed by atoms with E-state index in [0.29, 0.717) is 12.1 Å². The van der Waals surface area contributed by atoms with Crippen LogP contribution in [0, 0.1) is 0 Å². The summed E-state index contributed by atoms with van der Waals surface area (Å²) in [5, 5.41) is 7.59. The number of methoxy groups -OCH3 is 1. The molecule has 0 spiro atoms. The van der Waals surface area contributed by atoms with Gasteiger partial charge in [-0.05, 0) is 18.2 Å². The first-order chi connectivity index (χ1) is 7.88. The van der Waals surface area contributed by atoms with Gasteiger partial charge in [-0.2, -0.15) is 0 Å². The second-order valence-corrected chi connectivity index (χ2v) is 4.84. The molecule has 0 aliphatic carbocycles. The van der Waals surface area contributed by atoms with E-state index in [4.69, 9.17) is 9.88 Å². The van der Waals surface area contributed by atoms with Gasteiger partial charge in [0.25, 0.3) is 0 Å². The van der Waals surface area contributed by atoms with Crippen molar-refractivity contribution in [2.24, 2.45) is 5.14 Å². The van der Waals surface area contributed by atoms with E-state index in [9.17, 15) is 13.2 Å². The fourth-order valence-corrected chi connectivity index (χ4v) is 1.95. The zero-order valence-corrected chi connectivity index (χ0v) is 10.4. The monoisotopic (exact) mass is 258 g/mol. The summed E-state index contributed by atoms with van der Waals surface area (Å²) < 4.78 is 27.5. The molecule has 0 bridgehead atoms. The van der Waals surface area contributed by atoms with Gasteiger partial charge in [0, 0.05) is 12.1 Å². The van der Waals surface area contributed by atoms with E-state index in [1.54, 1.807) is 13.0 Å². The van der Waals surface area contributed by atoms with Crippen LogP contribution in [0.15, 0.2) is 23.1 Å². The molecule has 94 valence electrons. The molecular formula is C10H14N2O4S. The van der Waals surface area contributed by atoms with Crippen LogP contribution in [-0.2, 0) is 14.8 Å². The van der Waals surface area contributed by atoms with Crippen molar-refractivity contribution in [2.45, 2.75) is 18.2 Å². The summed E-state index contributed by atoms with van der Waals surface area (Å²) in [6.07, 6.45) is 0.302. The molecule has 3 N–H and O–H groups in total. The Kier molecular flexibility index (Phi) is 4.08. The SMILES string of the molecule is CCC(=O)Nc1ccc(OC)c(S(N)(=O)=O)c1. The highest BCUT2D eigenvalue weighted by atomic mass is 32.2. The summed E-state index contributed by atoms with van der Waals surface area (Å²) in [5.41, 5.74) is 0.363. The van der Waals surface area contributed by atoms with Gasteiger partial charge in [0.2, 0.25) is 15.9 Å². The topological polar surface area (TPSA) is 98.5 Å². The smallest absolute Gasteiger partial charge is 0.241 e. The van der Waals surface area contributed by atoms with Crippen LogP contribution >= 0.6 is 0 Å². The summed E-state index contributed by atoms with van der Waals surface area (Å²) >= 11 is 0. The standard InChI is InChI=1S/C10H14N2O4S/c1-3-10(13)12-7-4-5-8(16-2)9(6-7)17(11,14)15/h4-6H,3H2,1-2H3,(H,12,13)(H2,11,14,15). The first kappa shape index (κ1) is 13.5. The fraction of sp³-hybridized carbons (Fsp3) is 0.300. The number of rotatable bonds is 4. The Morgan fingerprint density at radius 1 is 1.47 bits per heavy atom. The number of hydrogen-bond donors (Lipinski definition) is 2. The highest BCUT2D eigenvalue weighted by molar-refractivity contribution is 7.89. The minimum atomic E-state index is -3.89. The molecule has 0 aromatic heterocycles. The predicted octanol–water partition coefficient (Wildman–Crippen LogP) is 0.691. The molecule has 0 atom stereocenters. The zero-order valence-electron chi connectivity index (χ0n) is 9.56. The number of nitrogens with two attached hydrogens (primary N) is 1. The van der Waals surface area contributed by atoms with E-state index in [2.05, 4.69) is 5.32 Å². The molecule has 0 radical (unpaired) electrons. The maximum atomic E-state index is 11.3. The van der Waals surface area contributed by atoms with Crippen LogP contribution in [-0.4, -0.2) is 21.4 Å². The third-order valence-corrected chi connectivity index (χ3v) is 3.01. The molecule has 1 aromatic rings. The highest BCUT2D eigenvalue weighted by Crippen LogP contribution is 2.25. The Balaban J connectivity index is 3.19. The predicted molar refractivity (Wildman–Crippen MR) is 63.3 cm³/mol. The summed E-state index contributed by atoms with van der Waals surface area (Å²) in [4.78, 5) is 11.0. The lowest BCUT2D eigenvalue weighted by Crippen LogP contribution is -2.15. The second kappa shape index (κ2) is 5.15. The average Bonchev–Trinajstić information content (AvgIpc) is 2.27. The lowest BCUT2D eigenvalue weighted by atomic mass is 10.3. The molecule has 0 saturated heterocycles. The van der Waals surface area contributed by atoms with Gasteiger partial charge in [-0.1, -0.05) is 6.92 Å². The fourth-order valence-electron chi connectivity index (χ4n) is 1.23. The van der Waals surface area contributed by atoms with Crippen LogP contribution in [0.25, 0.3) is 0 Å². The Morgan fingerprint density at radius 2 is 2.12 bits per heavy atom. The quantitative estimate of drug-likeness (QED) is 0.830. The zero-order chi connectivity index (χ0) is 13.1. The molecular weight excluding hydrogens is 244 g/mol. The van der Waals surface area contributed by atoms with Crippen molar-refractivity contribution in [3.63, 3.8) is 0 Å². The Morgan fingerprint density at radius 3 is 2.59 bits per heavy atom. The van der Waals surface area contributed by atoms with E-state index < -0.39 is 10.0 Å². The van der Waals surface area contributed by atoms with E-state index in [1.165, 1.54) is 19.2 Å². The average molecular weight is 258 g/mol. The van der Waals surface area contributed by atoms with Gasteiger partial charge >= 0.3 is 0 Å². The molecule has 0 aliphatic rings. The molecule has 6 nitrogen and oxygen atoms in total. The third-order valence-electron chi connectivity index (χ3n) is 2.08. The minimum Gasteiger partial charge on any atom is -0.495 e. The Labute approximate surface area is 99.8 Å². The van der Waals surface area contributed by atoms with Crippen molar-refractivity contribution < 1.29 is 17.9 Å². The van der Waals surface area contributed by atoms with Crippen molar-refractivity contribution in [2.75, 3.05) is 12.4 Å². The van der Waals surface area contributed by atoms with Gasteiger partial charge in [0.1, 0.15) is 10.6 Å². The van der Waals surface area contributed by atoms with Crippen LogP contribution in [0.5, 0.6) is 5.75 Å². The Bertz CT molecular complexity index is 525. The van der Waals surface area contributed by atoms with E-state index >= 15 is 0 Å². The van der Waals surface area contributed by atoms with Gasteiger partial charge in [0.15, 0.2) is 0 Å². The number of hydrogen-bond acceptors (Lipinski definition) is 4. The number of benzene rings is 1. The number of carbonyl (C=O) groups is 1. The maximum absolute atomic E-state index is 11.3. The molecule has 7 heteroatoms. The minimum absolute atomic E-state index is 0.141. The van der Waals surface area contributed by atoms with Crippen molar-refractivity contribution in [1.29, 1.82) is 0 Å². The number of carbonyl (C=O) groups excluding carboxylic acids is 1. The second-order valence-electron chi connectivity index (χ2n) is 3.31. The molecule has 0 aliphatic heterocycles. The van der Waals surface area contributed by atoms with Crippen LogP contribution < -0.4 is 15.2 Å². The lowest BCUT2D eigenvalue weighted by molar-refractivity contribution is -0.115. The van der Waals surface area contributed by atoms with Gasteiger partial charge in [-0.15, -0.1) is 0 Å². The summed E-state index contributed by atoms with van der Waals surface area (Å²) in [7, 11) is -2.55. The van der Waals surface area contributed by atoms with Gasteiger partial charge in [-0.3, -0.25) is 4.79 Å². The molecule has 0 saturated carbocycles. The first-order valence-electron chi connectivity index (χ1n) is 4.89. The first-order valence-corrected chi connectivity index (χ1v) is 6.43. The van der Waals surface area contributed by atoms with E-state index in [1.807, 2.05) is 0 Å². The van der Waals surface area contributed by atoms with Crippen LogP contribution in [0.4, 0.5) is 5.69 Å². The lowest BCUT2D eigenvalue weighted by Gasteiger charge is -2.09. The number of ether oxygens (including phenoxy) is 1. The van der Waals surface area contributed by atoms with Gasteiger partial charge < -0.3 is 10.1 Å². The third kappa shape index (κ3) is 3.43. The van der Waals surface area contributed by atoms with Crippen molar-refractivity contribution >= 4 is 21.6 Å². The van der Waals surface area contributed by atoms with E-state index in [-0.39, 0.29) is 16.6 Å². The molecule has 1 aromatic carbocycles. The maximum Gasteiger partial charge on any atom is 0.241 e. The van der Waals surface area contributed by atoms with Crippen molar-refractivity contribution in [3.8, 4) is 5.75 Å². The largest absolute Gasteiger partial charge is 0.495 e. The molecule has 0 fully saturated rings. The van der Waals surface area contributed by atoms with Crippen LogP contribution in [0.1, 0.15) is 13.3 Å². The van der Waals surface area contributed by atoms with Crippen LogP contribution in [0.2, 0.25) is 0 Å². The number of amides is 1. The molecule has 0 unspecified atom stereocenters.